The van der Waals surface area contributed by atoms with Crippen molar-refractivity contribution in [1.29, 1.82) is 0 Å². The van der Waals surface area contributed by atoms with Gasteiger partial charge >= 0.3 is 11.9 Å². The van der Waals surface area contributed by atoms with Gasteiger partial charge in [-0.3, -0.25) is 0 Å². The lowest BCUT2D eigenvalue weighted by Crippen LogP contribution is -2.23. The van der Waals surface area contributed by atoms with Crippen molar-refractivity contribution in [3.05, 3.63) is 24.3 Å². The Labute approximate surface area is 172 Å². The minimum Gasteiger partial charge on any atom is -0.462 e. The third-order valence-electron chi connectivity index (χ3n) is 3.12. The van der Waals surface area contributed by atoms with Crippen LogP contribution >= 0.6 is 11.8 Å². The van der Waals surface area contributed by atoms with Crippen molar-refractivity contribution in [3.8, 4) is 0 Å². The van der Waals surface area contributed by atoms with E-state index in [9.17, 15) is 9.59 Å². The minimum atomic E-state index is -0.366. The molecule has 28 heavy (non-hydrogen) atoms. The van der Waals surface area contributed by atoms with E-state index in [1.54, 1.807) is 13.8 Å². The van der Waals surface area contributed by atoms with E-state index in [1.165, 1.54) is 11.8 Å². The second kappa shape index (κ2) is 18.9. The normalized spacial score (nSPS) is 10.5. The minimum absolute atomic E-state index is 0.307. The summed E-state index contributed by atoms with van der Waals surface area (Å²) < 4.78 is 20.8. The molecule has 0 saturated heterocycles. The number of carbonyl (C=O) groups is 2. The van der Waals surface area contributed by atoms with Gasteiger partial charge in [-0.15, -0.1) is 11.8 Å². The summed E-state index contributed by atoms with van der Waals surface area (Å²) in [4.78, 5) is 22.3. The van der Waals surface area contributed by atoms with Crippen LogP contribution in [0.1, 0.15) is 20.3 Å². The van der Waals surface area contributed by atoms with E-state index in [1.807, 2.05) is 0 Å². The smallest absolute Gasteiger partial charge is 0.333 e. The Balaban J connectivity index is 3.14. The van der Waals surface area contributed by atoms with Gasteiger partial charge in [0.1, 0.15) is 5.94 Å². The Morgan fingerprint density at radius 3 is 1.96 bits per heavy atom. The molecule has 9 heteroatoms. The molecular weight excluding hydrogens is 384 g/mol. The van der Waals surface area contributed by atoms with Crippen molar-refractivity contribution in [3.63, 3.8) is 0 Å². The summed E-state index contributed by atoms with van der Waals surface area (Å²) >= 11 is 1.47. The van der Waals surface area contributed by atoms with Crippen molar-refractivity contribution < 1.29 is 28.5 Å². The molecule has 0 amide bonds. The average Bonchev–Trinajstić information content (AvgIpc) is 2.66. The standard InChI is InChI=1S/C19H34N2O6S/c1-16(2)18(22)26-9-5-6-20-7-10-24-12-13-25-11-8-21-14-28-15-27-19(23)17(3)4/h20-21H,1,3,5-15H2,2,4H3. The van der Waals surface area contributed by atoms with E-state index in [4.69, 9.17) is 18.9 Å². The SMILES string of the molecule is C=C(C)C(=O)OCCCNCCOCCOCCNCSCOC(=O)C(=C)C. The Kier molecular flexibility index (Phi) is 18.0. The lowest BCUT2D eigenvalue weighted by Gasteiger charge is -2.08. The zero-order valence-corrected chi connectivity index (χ0v) is 17.9. The van der Waals surface area contributed by atoms with E-state index in [0.29, 0.717) is 56.0 Å². The first kappa shape index (κ1) is 26.6. The molecule has 2 N–H and O–H groups in total. The fourth-order valence-electron chi connectivity index (χ4n) is 1.63. The molecule has 0 aromatic carbocycles. The third kappa shape index (κ3) is 18.0. The van der Waals surface area contributed by atoms with Crippen molar-refractivity contribution in [2.75, 3.05) is 64.5 Å². The lowest BCUT2D eigenvalue weighted by molar-refractivity contribution is -0.139. The monoisotopic (exact) mass is 418 g/mol. The Morgan fingerprint density at radius 2 is 1.36 bits per heavy atom. The average molecular weight is 419 g/mol. The molecule has 0 unspecified atom stereocenters. The molecular formula is C19H34N2O6S. The maximum atomic E-state index is 11.1. The van der Waals surface area contributed by atoms with Crippen LogP contribution in [0.3, 0.4) is 0 Å². The van der Waals surface area contributed by atoms with Gasteiger partial charge in [0.05, 0.1) is 33.0 Å². The van der Waals surface area contributed by atoms with Crippen LogP contribution in [0.4, 0.5) is 0 Å². The third-order valence-corrected chi connectivity index (χ3v) is 3.82. The maximum absolute atomic E-state index is 11.1. The predicted octanol–water partition coefficient (Wildman–Crippen LogP) is 1.48. The predicted molar refractivity (Wildman–Crippen MR) is 111 cm³/mol. The number of carbonyl (C=O) groups excluding carboxylic acids is 2. The summed E-state index contributed by atoms with van der Waals surface area (Å²) in [6, 6.07) is 0. The molecule has 0 atom stereocenters. The summed E-state index contributed by atoms with van der Waals surface area (Å²) in [5, 5.41) is 6.38. The highest BCUT2D eigenvalue weighted by molar-refractivity contribution is 7.99. The molecule has 0 bridgehead atoms. The molecule has 8 nitrogen and oxygen atoms in total. The van der Waals surface area contributed by atoms with Gasteiger partial charge in [-0.25, -0.2) is 9.59 Å². The Hall–Kier alpha value is -1.39. The summed E-state index contributed by atoms with van der Waals surface area (Å²) in [7, 11) is 0. The molecule has 0 fully saturated rings. The number of rotatable bonds is 19. The number of thioether (sulfide) groups is 1. The molecule has 0 aromatic heterocycles. The molecule has 0 rings (SSSR count). The van der Waals surface area contributed by atoms with Gasteiger partial charge in [0.25, 0.3) is 0 Å². The molecule has 0 aliphatic rings. The second-order valence-electron chi connectivity index (χ2n) is 5.92. The Morgan fingerprint density at radius 1 is 0.786 bits per heavy atom. The van der Waals surface area contributed by atoms with Gasteiger partial charge in [-0.05, 0) is 26.8 Å². The van der Waals surface area contributed by atoms with Gasteiger partial charge < -0.3 is 29.6 Å². The zero-order chi connectivity index (χ0) is 21.0. The highest BCUT2D eigenvalue weighted by Gasteiger charge is 2.02. The van der Waals surface area contributed by atoms with Gasteiger partial charge in [0.2, 0.25) is 0 Å². The van der Waals surface area contributed by atoms with Crippen LogP contribution in [0.5, 0.6) is 0 Å². The van der Waals surface area contributed by atoms with Crippen molar-refractivity contribution in [1.82, 2.24) is 10.6 Å². The largest absolute Gasteiger partial charge is 0.462 e. The maximum Gasteiger partial charge on any atom is 0.333 e. The van der Waals surface area contributed by atoms with Crippen LogP contribution in [0, 0.1) is 0 Å². The highest BCUT2D eigenvalue weighted by atomic mass is 32.2. The number of hydrogen-bond donors (Lipinski definition) is 2. The van der Waals surface area contributed by atoms with E-state index < -0.39 is 0 Å². The summed E-state index contributed by atoms with van der Waals surface area (Å²) in [6.07, 6.45) is 0.754. The summed E-state index contributed by atoms with van der Waals surface area (Å²) in [5.41, 5.74) is 0.821. The fraction of sp³-hybridized carbons (Fsp3) is 0.684. The van der Waals surface area contributed by atoms with Crippen molar-refractivity contribution in [2.24, 2.45) is 0 Å². The fourth-order valence-corrected chi connectivity index (χ4v) is 2.19. The van der Waals surface area contributed by atoms with Crippen LogP contribution in [0.25, 0.3) is 0 Å². The van der Waals surface area contributed by atoms with Gasteiger partial charge in [0.15, 0.2) is 0 Å². The van der Waals surface area contributed by atoms with Gasteiger partial charge in [0, 0.05) is 30.1 Å². The Bertz CT molecular complexity index is 431. The van der Waals surface area contributed by atoms with E-state index in [0.717, 1.165) is 26.1 Å². The molecule has 0 aliphatic carbocycles. The topological polar surface area (TPSA) is 95.1 Å². The van der Waals surface area contributed by atoms with E-state index >= 15 is 0 Å². The zero-order valence-electron chi connectivity index (χ0n) is 17.1. The molecule has 0 aliphatic heterocycles. The number of hydrogen-bond acceptors (Lipinski definition) is 9. The van der Waals surface area contributed by atoms with Crippen LogP contribution in [-0.2, 0) is 28.5 Å². The van der Waals surface area contributed by atoms with E-state index in [-0.39, 0.29) is 11.9 Å². The van der Waals surface area contributed by atoms with Gasteiger partial charge in [-0.2, -0.15) is 0 Å². The first-order valence-electron chi connectivity index (χ1n) is 9.25. The highest BCUT2D eigenvalue weighted by Crippen LogP contribution is 2.00. The quantitative estimate of drug-likeness (QED) is 0.140. The molecule has 0 spiro atoms. The molecule has 0 aromatic rings. The van der Waals surface area contributed by atoms with E-state index in [2.05, 4.69) is 23.8 Å². The summed E-state index contributed by atoms with van der Waals surface area (Å²) in [5.74, 6) is 0.277. The number of ether oxygens (including phenoxy) is 4. The molecule has 0 saturated carbocycles. The first-order valence-corrected chi connectivity index (χ1v) is 10.4. The molecule has 0 heterocycles. The number of nitrogens with one attached hydrogen (secondary N) is 2. The second-order valence-corrected chi connectivity index (χ2v) is 6.86. The number of esters is 2. The van der Waals surface area contributed by atoms with Crippen LogP contribution in [-0.4, -0.2) is 76.4 Å². The van der Waals surface area contributed by atoms with Crippen LogP contribution in [0.2, 0.25) is 0 Å². The van der Waals surface area contributed by atoms with Crippen LogP contribution < -0.4 is 10.6 Å². The van der Waals surface area contributed by atoms with Crippen LogP contribution in [0.15, 0.2) is 24.3 Å². The van der Waals surface area contributed by atoms with Gasteiger partial charge in [-0.1, -0.05) is 13.2 Å². The van der Waals surface area contributed by atoms with Crippen molar-refractivity contribution in [2.45, 2.75) is 20.3 Å². The lowest BCUT2D eigenvalue weighted by atomic mass is 10.3. The molecule has 0 radical (unpaired) electrons. The first-order chi connectivity index (χ1) is 13.4. The summed E-state index contributed by atoms with van der Waals surface area (Å²) in [6.45, 7) is 15.2. The van der Waals surface area contributed by atoms with Crippen molar-refractivity contribution >= 4 is 23.7 Å². The molecule has 162 valence electrons.